The van der Waals surface area contributed by atoms with Gasteiger partial charge in [-0.05, 0) is 31.9 Å². The van der Waals surface area contributed by atoms with Gasteiger partial charge in [0, 0.05) is 18.7 Å². The molecule has 6 nitrogen and oxygen atoms in total. The van der Waals surface area contributed by atoms with E-state index < -0.39 is 16.1 Å². The minimum atomic E-state index is -3.55. The van der Waals surface area contributed by atoms with Crippen LogP contribution in [-0.2, 0) is 14.8 Å². The van der Waals surface area contributed by atoms with Crippen molar-refractivity contribution in [2.24, 2.45) is 4.99 Å². The highest BCUT2D eigenvalue weighted by Crippen LogP contribution is 2.23. The van der Waals surface area contributed by atoms with Gasteiger partial charge in [-0.2, -0.15) is 0 Å². The lowest BCUT2D eigenvalue weighted by Crippen LogP contribution is -2.36. The van der Waals surface area contributed by atoms with Crippen LogP contribution in [0.15, 0.2) is 34.2 Å². The Kier molecular flexibility index (Phi) is 3.44. The zero-order valence-electron chi connectivity index (χ0n) is 11.7. The van der Waals surface area contributed by atoms with E-state index in [1.807, 2.05) is 0 Å². The van der Waals surface area contributed by atoms with Gasteiger partial charge in [-0.1, -0.05) is 12.1 Å². The highest BCUT2D eigenvalue weighted by molar-refractivity contribution is 7.90. The van der Waals surface area contributed by atoms with Crippen molar-refractivity contribution in [3.63, 3.8) is 0 Å². The summed E-state index contributed by atoms with van der Waals surface area (Å²) >= 11 is 0. The summed E-state index contributed by atoms with van der Waals surface area (Å²) in [6.45, 7) is 3.22. The fraction of sp³-hybridized carbons (Fsp3) is 0.429. The molecular formula is C14H17N3O3S. The van der Waals surface area contributed by atoms with Gasteiger partial charge < -0.3 is 4.90 Å². The van der Waals surface area contributed by atoms with Crippen LogP contribution in [0.25, 0.3) is 0 Å². The molecule has 1 atom stereocenters. The Morgan fingerprint density at radius 2 is 1.95 bits per heavy atom. The minimum Gasteiger partial charge on any atom is -0.341 e. The number of hydrogen-bond donors (Lipinski definition) is 1. The van der Waals surface area contributed by atoms with E-state index in [4.69, 9.17) is 0 Å². The Morgan fingerprint density at radius 1 is 1.29 bits per heavy atom. The van der Waals surface area contributed by atoms with Crippen LogP contribution in [0.5, 0.6) is 0 Å². The molecule has 0 bridgehead atoms. The van der Waals surface area contributed by atoms with E-state index in [1.165, 1.54) is 6.07 Å². The number of aliphatic imine (C=N–C) groups is 1. The first kappa shape index (κ1) is 14.1. The minimum absolute atomic E-state index is 0.0522. The van der Waals surface area contributed by atoms with Crippen LogP contribution in [0, 0.1) is 0 Å². The van der Waals surface area contributed by atoms with Gasteiger partial charge >= 0.3 is 0 Å². The highest BCUT2D eigenvalue weighted by Gasteiger charge is 2.32. The van der Waals surface area contributed by atoms with Crippen molar-refractivity contribution in [1.82, 2.24) is 9.62 Å². The summed E-state index contributed by atoms with van der Waals surface area (Å²) < 4.78 is 26.4. The smallest absolute Gasteiger partial charge is 0.263 e. The van der Waals surface area contributed by atoms with E-state index in [-0.39, 0.29) is 16.6 Å². The van der Waals surface area contributed by atoms with Gasteiger partial charge in [0.25, 0.3) is 10.0 Å². The van der Waals surface area contributed by atoms with Gasteiger partial charge in [-0.15, -0.1) is 0 Å². The summed E-state index contributed by atoms with van der Waals surface area (Å²) in [7, 11) is -3.55. The van der Waals surface area contributed by atoms with Crippen molar-refractivity contribution in [2.45, 2.75) is 30.7 Å². The number of amides is 1. The molecule has 1 saturated heterocycles. The third-order valence-electron chi connectivity index (χ3n) is 3.76. The monoisotopic (exact) mass is 307 g/mol. The number of fused-ring (bicyclic) bond motifs is 1. The molecular weight excluding hydrogens is 290 g/mol. The molecule has 2 aliphatic heterocycles. The van der Waals surface area contributed by atoms with Gasteiger partial charge in [-0.25, -0.2) is 8.42 Å². The normalized spacial score (nSPS) is 22.9. The molecule has 0 aromatic heterocycles. The molecule has 0 aliphatic carbocycles. The van der Waals surface area contributed by atoms with Crippen LogP contribution in [0.3, 0.4) is 0 Å². The largest absolute Gasteiger partial charge is 0.341 e. The first-order valence-corrected chi connectivity index (χ1v) is 8.46. The fourth-order valence-electron chi connectivity index (χ4n) is 2.68. The van der Waals surface area contributed by atoms with Crippen LogP contribution in [0.1, 0.15) is 25.3 Å². The summed E-state index contributed by atoms with van der Waals surface area (Å²) in [4.78, 5) is 18.5. The SMILES string of the molecule is CC(N=C1NS(=O)(=O)c2ccccc21)C(=O)N1CCCC1. The maximum absolute atomic E-state index is 12.2. The first-order valence-electron chi connectivity index (χ1n) is 6.98. The lowest BCUT2D eigenvalue weighted by Gasteiger charge is -2.18. The molecule has 21 heavy (non-hydrogen) atoms. The molecule has 0 spiro atoms. The van der Waals surface area contributed by atoms with Gasteiger partial charge in [0.1, 0.15) is 11.9 Å². The predicted molar refractivity (Wildman–Crippen MR) is 78.6 cm³/mol. The molecule has 2 aliphatic rings. The van der Waals surface area contributed by atoms with E-state index >= 15 is 0 Å². The number of nitrogens with zero attached hydrogens (tertiary/aromatic N) is 2. The number of benzene rings is 1. The van der Waals surface area contributed by atoms with Crippen LogP contribution in [0.2, 0.25) is 0 Å². The zero-order chi connectivity index (χ0) is 15.0. The topological polar surface area (TPSA) is 78.8 Å². The lowest BCUT2D eigenvalue weighted by molar-refractivity contribution is -0.131. The predicted octanol–water partition coefficient (Wildman–Crippen LogP) is 0.736. The number of amidine groups is 1. The van der Waals surface area contributed by atoms with Crippen molar-refractivity contribution in [1.29, 1.82) is 0 Å². The van der Waals surface area contributed by atoms with E-state index in [1.54, 1.807) is 30.0 Å². The van der Waals surface area contributed by atoms with Crippen LogP contribution < -0.4 is 4.72 Å². The molecule has 1 unspecified atom stereocenters. The van der Waals surface area contributed by atoms with E-state index in [0.29, 0.717) is 5.56 Å². The number of sulfonamides is 1. The van der Waals surface area contributed by atoms with E-state index in [2.05, 4.69) is 9.71 Å². The van der Waals surface area contributed by atoms with Crippen molar-refractivity contribution < 1.29 is 13.2 Å². The third-order valence-corrected chi connectivity index (χ3v) is 5.16. The standard InChI is InChI=1S/C14H17N3O3S/c1-10(14(18)17-8-4-5-9-17)15-13-11-6-2-3-7-12(11)21(19,20)16-13/h2-3,6-7,10H,4-5,8-9H2,1H3,(H,15,16). The molecule has 1 aromatic carbocycles. The van der Waals surface area contributed by atoms with Crippen molar-refractivity contribution in [3.05, 3.63) is 29.8 Å². The average Bonchev–Trinajstić information content (AvgIpc) is 3.06. The quantitative estimate of drug-likeness (QED) is 0.875. The van der Waals surface area contributed by atoms with Crippen molar-refractivity contribution in [3.8, 4) is 0 Å². The van der Waals surface area contributed by atoms with Crippen LogP contribution in [0.4, 0.5) is 0 Å². The molecule has 1 N–H and O–H groups in total. The first-order chi connectivity index (χ1) is 9.99. The van der Waals surface area contributed by atoms with E-state index in [0.717, 1.165) is 25.9 Å². The second-order valence-corrected chi connectivity index (χ2v) is 6.94. The Bertz CT molecular complexity index is 706. The number of nitrogens with one attached hydrogen (secondary N) is 1. The van der Waals surface area contributed by atoms with Gasteiger partial charge in [0.05, 0.1) is 4.90 Å². The van der Waals surface area contributed by atoms with Crippen molar-refractivity contribution in [2.75, 3.05) is 13.1 Å². The molecule has 0 saturated carbocycles. The summed E-state index contributed by atoms with van der Waals surface area (Å²) in [6.07, 6.45) is 2.04. The molecule has 1 amide bonds. The second kappa shape index (κ2) is 5.14. The zero-order valence-corrected chi connectivity index (χ0v) is 12.6. The maximum atomic E-state index is 12.2. The van der Waals surface area contributed by atoms with E-state index in [9.17, 15) is 13.2 Å². The van der Waals surface area contributed by atoms with Gasteiger partial charge in [0.2, 0.25) is 5.91 Å². The molecule has 7 heteroatoms. The number of likely N-dealkylation sites (tertiary alicyclic amines) is 1. The van der Waals surface area contributed by atoms with Crippen LogP contribution in [-0.4, -0.2) is 44.2 Å². The highest BCUT2D eigenvalue weighted by atomic mass is 32.2. The molecule has 3 rings (SSSR count). The maximum Gasteiger partial charge on any atom is 0.263 e. The van der Waals surface area contributed by atoms with Crippen molar-refractivity contribution >= 4 is 21.8 Å². The summed E-state index contributed by atoms with van der Waals surface area (Å²) in [5.74, 6) is 0.203. The number of carbonyl (C=O) groups excluding carboxylic acids is 1. The Labute approximate surface area is 123 Å². The molecule has 112 valence electrons. The number of hydrogen-bond acceptors (Lipinski definition) is 4. The summed E-state index contributed by atoms with van der Waals surface area (Å²) in [5.41, 5.74) is 0.526. The summed E-state index contributed by atoms with van der Waals surface area (Å²) in [6, 6.07) is 6.06. The Hall–Kier alpha value is -1.89. The Balaban J connectivity index is 1.89. The Morgan fingerprint density at radius 3 is 2.67 bits per heavy atom. The van der Waals surface area contributed by atoms with Gasteiger partial charge in [-0.3, -0.25) is 14.5 Å². The molecule has 1 aromatic rings. The molecule has 1 fully saturated rings. The number of carbonyl (C=O) groups is 1. The van der Waals surface area contributed by atoms with Gasteiger partial charge in [0.15, 0.2) is 0 Å². The molecule has 2 heterocycles. The number of rotatable bonds is 2. The second-order valence-electron chi connectivity index (χ2n) is 5.29. The fourth-order valence-corrected chi connectivity index (χ4v) is 3.92. The average molecular weight is 307 g/mol. The third kappa shape index (κ3) is 2.53. The molecule has 0 radical (unpaired) electrons. The van der Waals surface area contributed by atoms with Crippen LogP contribution >= 0.6 is 0 Å². The lowest BCUT2D eigenvalue weighted by atomic mass is 10.2. The summed E-state index contributed by atoms with van der Waals surface area (Å²) in [5, 5.41) is 0.